The first-order chi connectivity index (χ1) is 11.8. The highest BCUT2D eigenvalue weighted by molar-refractivity contribution is 7.88. The quantitative estimate of drug-likeness (QED) is 0.855. The summed E-state index contributed by atoms with van der Waals surface area (Å²) in [7, 11) is -1.38. The predicted octanol–water partition coefficient (Wildman–Crippen LogP) is 2.12. The molecule has 0 saturated carbocycles. The maximum absolute atomic E-state index is 11.3. The molecule has 0 spiro atoms. The van der Waals surface area contributed by atoms with Crippen molar-refractivity contribution in [1.82, 2.24) is 14.6 Å². The van der Waals surface area contributed by atoms with Crippen molar-refractivity contribution in [3.63, 3.8) is 0 Å². The molecule has 0 aliphatic carbocycles. The molecule has 2 aromatic rings. The van der Waals surface area contributed by atoms with E-state index < -0.39 is 10.0 Å². The minimum absolute atomic E-state index is 0.223. The zero-order valence-corrected chi connectivity index (χ0v) is 15.4. The van der Waals surface area contributed by atoms with E-state index in [9.17, 15) is 13.7 Å². The highest BCUT2D eigenvalue weighted by atomic mass is 35.5. The van der Waals surface area contributed by atoms with Crippen molar-refractivity contribution in [2.45, 2.75) is 0 Å². The minimum atomic E-state index is -3.26. The van der Waals surface area contributed by atoms with E-state index in [0.717, 1.165) is 34.0 Å². The molecule has 130 valence electrons. The van der Waals surface area contributed by atoms with E-state index in [4.69, 9.17) is 11.6 Å². The minimum Gasteiger partial charge on any atom is -0.387 e. The van der Waals surface area contributed by atoms with E-state index >= 15 is 0 Å². The monoisotopic (exact) mass is 376 g/mol. The standard InChI is InChI=1S/C17H17ClN4O2S/c1-22-16-6-13(18)3-4-14(16)15(7-19)17(22)12-5-11(8-20-10-12)9-21-25(2,23)24/h3-6,10,20-21H,8-9H2,1-2H3. The Morgan fingerprint density at radius 1 is 1.44 bits per heavy atom. The Balaban J connectivity index is 2.07. The molecular formula is C17H17ClN4O2S. The second-order valence-corrected chi connectivity index (χ2v) is 8.20. The summed E-state index contributed by atoms with van der Waals surface area (Å²) in [5.41, 5.74) is 3.91. The Morgan fingerprint density at radius 3 is 2.88 bits per heavy atom. The van der Waals surface area contributed by atoms with Gasteiger partial charge in [-0.25, -0.2) is 13.1 Å². The molecule has 8 heteroatoms. The number of aryl methyl sites for hydroxylation is 1. The Labute approximate surface area is 151 Å². The van der Waals surface area contributed by atoms with Crippen molar-refractivity contribution < 1.29 is 8.42 Å². The first-order valence-corrected chi connectivity index (χ1v) is 9.83. The number of hydrogen-bond acceptors (Lipinski definition) is 4. The number of halogens is 1. The molecule has 2 N–H and O–H groups in total. The third kappa shape index (κ3) is 3.56. The van der Waals surface area contributed by atoms with E-state index in [2.05, 4.69) is 16.1 Å². The van der Waals surface area contributed by atoms with Gasteiger partial charge in [0.1, 0.15) is 6.07 Å². The van der Waals surface area contributed by atoms with Crippen LogP contribution in [0.3, 0.4) is 0 Å². The average molecular weight is 377 g/mol. The van der Waals surface area contributed by atoms with E-state index in [1.165, 1.54) is 0 Å². The molecule has 2 heterocycles. The van der Waals surface area contributed by atoms with Gasteiger partial charge in [0.2, 0.25) is 10.0 Å². The van der Waals surface area contributed by atoms with Gasteiger partial charge in [0.15, 0.2) is 0 Å². The number of benzene rings is 1. The van der Waals surface area contributed by atoms with Crippen LogP contribution in [-0.4, -0.2) is 32.3 Å². The van der Waals surface area contributed by atoms with Crippen LogP contribution in [0.4, 0.5) is 0 Å². The van der Waals surface area contributed by atoms with Gasteiger partial charge in [0.05, 0.1) is 23.0 Å². The Bertz CT molecular complexity index is 1060. The zero-order chi connectivity index (χ0) is 18.2. The predicted molar refractivity (Wildman–Crippen MR) is 99.6 cm³/mol. The number of sulfonamides is 1. The van der Waals surface area contributed by atoms with Gasteiger partial charge in [-0.2, -0.15) is 5.26 Å². The number of aromatic nitrogens is 1. The SMILES string of the molecule is Cn1c(C2=CNCC(CNS(C)(=O)=O)=C2)c(C#N)c2ccc(Cl)cc21. The van der Waals surface area contributed by atoms with Gasteiger partial charge in [0.25, 0.3) is 0 Å². The van der Waals surface area contributed by atoms with E-state index in [0.29, 0.717) is 17.1 Å². The number of nitriles is 1. The average Bonchev–Trinajstić information content (AvgIpc) is 2.84. The molecule has 0 unspecified atom stereocenters. The maximum Gasteiger partial charge on any atom is 0.208 e. The molecule has 0 fully saturated rings. The van der Waals surface area contributed by atoms with Gasteiger partial charge in [-0.15, -0.1) is 0 Å². The van der Waals surface area contributed by atoms with Crippen molar-refractivity contribution in [2.75, 3.05) is 19.3 Å². The summed E-state index contributed by atoms with van der Waals surface area (Å²) in [5, 5.41) is 14.2. The molecule has 1 aromatic heterocycles. The van der Waals surface area contributed by atoms with E-state index in [1.807, 2.05) is 36.0 Å². The van der Waals surface area contributed by atoms with Crippen LogP contribution in [0.15, 0.2) is 36.0 Å². The lowest BCUT2D eigenvalue weighted by Gasteiger charge is -2.17. The molecule has 0 atom stereocenters. The number of rotatable bonds is 4. The maximum atomic E-state index is 11.3. The smallest absolute Gasteiger partial charge is 0.208 e. The molecule has 0 bridgehead atoms. The molecular weight excluding hydrogens is 360 g/mol. The first-order valence-electron chi connectivity index (χ1n) is 7.56. The number of allylic oxidation sites excluding steroid dienone is 2. The highest BCUT2D eigenvalue weighted by Crippen LogP contribution is 2.32. The van der Waals surface area contributed by atoms with Crippen LogP contribution in [-0.2, 0) is 17.1 Å². The number of fused-ring (bicyclic) bond motifs is 1. The van der Waals surface area contributed by atoms with Crippen molar-refractivity contribution in [3.05, 3.63) is 52.3 Å². The van der Waals surface area contributed by atoms with Gasteiger partial charge in [0, 0.05) is 42.3 Å². The summed E-state index contributed by atoms with van der Waals surface area (Å²) in [6.07, 6.45) is 4.87. The zero-order valence-electron chi connectivity index (χ0n) is 13.8. The van der Waals surface area contributed by atoms with E-state index in [1.54, 1.807) is 6.07 Å². The molecule has 0 radical (unpaired) electrons. The van der Waals surface area contributed by atoms with Crippen molar-refractivity contribution in [1.29, 1.82) is 5.26 Å². The summed E-state index contributed by atoms with van der Waals surface area (Å²) >= 11 is 6.09. The summed E-state index contributed by atoms with van der Waals surface area (Å²) in [6.45, 7) is 0.768. The fourth-order valence-corrected chi connectivity index (χ4v) is 3.55. The second-order valence-electron chi connectivity index (χ2n) is 5.93. The third-order valence-electron chi connectivity index (χ3n) is 4.06. The van der Waals surface area contributed by atoms with Gasteiger partial charge in [-0.05, 0) is 29.8 Å². The largest absolute Gasteiger partial charge is 0.387 e. The van der Waals surface area contributed by atoms with Crippen LogP contribution in [0, 0.1) is 11.3 Å². The van der Waals surface area contributed by atoms with Gasteiger partial charge in [-0.3, -0.25) is 0 Å². The normalized spacial score (nSPS) is 14.6. The first kappa shape index (κ1) is 17.5. The number of nitrogens with zero attached hydrogens (tertiary/aromatic N) is 2. The summed E-state index contributed by atoms with van der Waals surface area (Å²) in [4.78, 5) is 0. The van der Waals surface area contributed by atoms with Crippen LogP contribution < -0.4 is 10.0 Å². The van der Waals surface area contributed by atoms with Crippen LogP contribution >= 0.6 is 11.6 Å². The lowest BCUT2D eigenvalue weighted by Crippen LogP contribution is -2.28. The highest BCUT2D eigenvalue weighted by Gasteiger charge is 2.19. The van der Waals surface area contributed by atoms with Crippen LogP contribution in [0.1, 0.15) is 11.3 Å². The topological polar surface area (TPSA) is 86.9 Å². The van der Waals surface area contributed by atoms with Crippen LogP contribution in [0.5, 0.6) is 0 Å². The fourth-order valence-electron chi connectivity index (χ4n) is 2.94. The Kier molecular flexibility index (Phi) is 4.60. The molecule has 1 aliphatic rings. The van der Waals surface area contributed by atoms with Gasteiger partial charge < -0.3 is 9.88 Å². The lowest BCUT2D eigenvalue weighted by atomic mass is 10.0. The molecule has 1 aromatic carbocycles. The Morgan fingerprint density at radius 2 is 2.20 bits per heavy atom. The number of hydrogen-bond donors (Lipinski definition) is 2. The van der Waals surface area contributed by atoms with Crippen LogP contribution in [0.2, 0.25) is 5.02 Å². The molecule has 0 saturated heterocycles. The Hall–Kier alpha value is -2.27. The molecule has 25 heavy (non-hydrogen) atoms. The summed E-state index contributed by atoms with van der Waals surface area (Å²) in [6, 6.07) is 7.70. The van der Waals surface area contributed by atoms with Gasteiger partial charge in [-0.1, -0.05) is 11.6 Å². The van der Waals surface area contributed by atoms with Crippen LogP contribution in [0.25, 0.3) is 16.5 Å². The van der Waals surface area contributed by atoms with E-state index in [-0.39, 0.29) is 6.54 Å². The van der Waals surface area contributed by atoms with Crippen molar-refractivity contribution in [2.24, 2.45) is 7.05 Å². The number of nitrogens with one attached hydrogen (secondary N) is 2. The molecule has 6 nitrogen and oxygen atoms in total. The third-order valence-corrected chi connectivity index (χ3v) is 4.96. The number of dihydropyridines is 1. The molecule has 1 aliphatic heterocycles. The van der Waals surface area contributed by atoms with Crippen molar-refractivity contribution >= 4 is 38.1 Å². The lowest BCUT2D eigenvalue weighted by molar-refractivity contribution is 0.590. The summed E-state index contributed by atoms with van der Waals surface area (Å²) < 4.78 is 27.0. The fraction of sp³-hybridized carbons (Fsp3) is 0.235. The molecule has 3 rings (SSSR count). The van der Waals surface area contributed by atoms with Crippen molar-refractivity contribution in [3.8, 4) is 6.07 Å². The second kappa shape index (κ2) is 6.56. The molecule has 0 amide bonds. The van der Waals surface area contributed by atoms with Gasteiger partial charge >= 0.3 is 0 Å². The summed E-state index contributed by atoms with van der Waals surface area (Å²) in [5.74, 6) is 0.